The third-order valence-electron chi connectivity index (χ3n) is 2.30. The maximum Gasteiger partial charge on any atom is 0.303 e. The summed E-state index contributed by atoms with van der Waals surface area (Å²) in [5.74, 6) is 0.360. The number of carbonyl (C=O) groups is 1. The molecule has 0 radical (unpaired) electrons. The zero-order valence-electron chi connectivity index (χ0n) is 8.90. The predicted octanol–water partition coefficient (Wildman–Crippen LogP) is 2.61. The monoisotopic (exact) mass is 224 g/mol. The third kappa shape index (κ3) is 4.38. The maximum atomic E-state index is 10.5. The van der Waals surface area contributed by atoms with E-state index >= 15 is 0 Å². The zero-order chi connectivity index (χ0) is 11.1. The molecular weight excluding hydrogens is 208 g/mol. The molecule has 82 valence electrons. The Balaban J connectivity index is 2.63. The minimum atomic E-state index is -0.727. The fourth-order valence-electron chi connectivity index (χ4n) is 1.50. The Morgan fingerprint density at radius 1 is 1.27 bits per heavy atom. The molecule has 2 nitrogen and oxygen atoms in total. The highest BCUT2D eigenvalue weighted by atomic mass is 32.2. The van der Waals surface area contributed by atoms with Crippen molar-refractivity contribution in [2.24, 2.45) is 0 Å². The minimum Gasteiger partial charge on any atom is -0.481 e. The van der Waals surface area contributed by atoms with Crippen LogP contribution in [0.1, 0.15) is 17.5 Å². The summed E-state index contributed by atoms with van der Waals surface area (Å²) in [4.78, 5) is 10.5. The standard InChI is InChI=1S/C12H16O2S/c1-15-9-8-11-5-3-2-4-10(11)6-7-12(13)14/h2-5H,6-9H2,1H3,(H,13,14). The smallest absolute Gasteiger partial charge is 0.303 e. The number of benzene rings is 1. The van der Waals surface area contributed by atoms with Crippen LogP contribution in [0.3, 0.4) is 0 Å². The molecule has 0 fully saturated rings. The first-order valence-corrected chi connectivity index (χ1v) is 6.41. The highest BCUT2D eigenvalue weighted by Gasteiger charge is 2.03. The van der Waals surface area contributed by atoms with E-state index in [1.165, 1.54) is 11.1 Å². The number of carboxylic acid groups (broad SMARTS) is 1. The number of aryl methyl sites for hydroxylation is 2. The van der Waals surface area contributed by atoms with Crippen molar-refractivity contribution in [1.29, 1.82) is 0 Å². The van der Waals surface area contributed by atoms with Crippen molar-refractivity contribution in [3.05, 3.63) is 35.4 Å². The average Bonchev–Trinajstić information content (AvgIpc) is 2.24. The number of hydrogen-bond acceptors (Lipinski definition) is 2. The summed E-state index contributed by atoms with van der Waals surface area (Å²) in [6.07, 6.45) is 3.97. The van der Waals surface area contributed by atoms with Crippen molar-refractivity contribution >= 4 is 17.7 Å². The van der Waals surface area contributed by atoms with Crippen molar-refractivity contribution in [3.8, 4) is 0 Å². The Bertz CT molecular complexity index is 323. The summed E-state index contributed by atoms with van der Waals surface area (Å²) < 4.78 is 0. The van der Waals surface area contributed by atoms with Gasteiger partial charge in [-0.2, -0.15) is 11.8 Å². The van der Waals surface area contributed by atoms with Crippen LogP contribution in [0.2, 0.25) is 0 Å². The summed E-state index contributed by atoms with van der Waals surface area (Å²) in [5, 5.41) is 8.64. The van der Waals surface area contributed by atoms with Gasteiger partial charge in [-0.05, 0) is 36.0 Å². The third-order valence-corrected chi connectivity index (χ3v) is 2.91. The molecule has 1 aromatic carbocycles. The highest BCUT2D eigenvalue weighted by Crippen LogP contribution is 2.13. The second kappa shape index (κ2) is 6.51. The molecule has 0 bridgehead atoms. The second-order valence-corrected chi connectivity index (χ2v) is 4.39. The molecule has 0 heterocycles. The predicted molar refractivity (Wildman–Crippen MR) is 64.5 cm³/mol. The van der Waals surface area contributed by atoms with Crippen LogP contribution in [0.4, 0.5) is 0 Å². The minimum absolute atomic E-state index is 0.219. The van der Waals surface area contributed by atoms with Gasteiger partial charge in [-0.25, -0.2) is 0 Å². The van der Waals surface area contributed by atoms with Crippen LogP contribution in [0.5, 0.6) is 0 Å². The van der Waals surface area contributed by atoms with Gasteiger partial charge in [0.15, 0.2) is 0 Å². The van der Waals surface area contributed by atoms with E-state index in [4.69, 9.17) is 5.11 Å². The van der Waals surface area contributed by atoms with Crippen LogP contribution in [0.15, 0.2) is 24.3 Å². The molecule has 0 aliphatic rings. The highest BCUT2D eigenvalue weighted by molar-refractivity contribution is 7.98. The summed E-state index contributed by atoms with van der Waals surface area (Å²) in [6.45, 7) is 0. The Hall–Kier alpha value is -0.960. The van der Waals surface area contributed by atoms with Crippen molar-refractivity contribution in [2.45, 2.75) is 19.3 Å². The van der Waals surface area contributed by atoms with Gasteiger partial charge < -0.3 is 5.11 Å². The summed E-state index contributed by atoms with van der Waals surface area (Å²) >= 11 is 1.81. The maximum absolute atomic E-state index is 10.5. The van der Waals surface area contributed by atoms with Gasteiger partial charge in [-0.15, -0.1) is 0 Å². The van der Waals surface area contributed by atoms with Crippen LogP contribution >= 0.6 is 11.8 Å². The first-order valence-electron chi connectivity index (χ1n) is 5.01. The van der Waals surface area contributed by atoms with E-state index in [2.05, 4.69) is 12.3 Å². The van der Waals surface area contributed by atoms with Crippen LogP contribution in [-0.4, -0.2) is 23.1 Å². The Labute approximate surface area is 94.7 Å². The van der Waals surface area contributed by atoms with Crippen LogP contribution in [0.25, 0.3) is 0 Å². The van der Waals surface area contributed by atoms with Gasteiger partial charge in [0.1, 0.15) is 0 Å². The van der Waals surface area contributed by atoms with Crippen molar-refractivity contribution in [3.63, 3.8) is 0 Å². The lowest BCUT2D eigenvalue weighted by Crippen LogP contribution is -2.01. The van der Waals surface area contributed by atoms with Crippen molar-refractivity contribution in [2.75, 3.05) is 12.0 Å². The van der Waals surface area contributed by atoms with Gasteiger partial charge in [-0.1, -0.05) is 24.3 Å². The lowest BCUT2D eigenvalue weighted by Gasteiger charge is -2.07. The Kier molecular flexibility index (Phi) is 5.26. The quantitative estimate of drug-likeness (QED) is 0.807. The van der Waals surface area contributed by atoms with E-state index in [9.17, 15) is 4.79 Å². The molecule has 0 aliphatic heterocycles. The average molecular weight is 224 g/mol. The summed E-state index contributed by atoms with van der Waals surface area (Å²) in [7, 11) is 0. The first-order chi connectivity index (χ1) is 7.24. The molecule has 0 aromatic heterocycles. The van der Waals surface area contributed by atoms with Gasteiger partial charge >= 0.3 is 5.97 Å². The molecule has 0 saturated carbocycles. The molecule has 1 N–H and O–H groups in total. The first kappa shape index (κ1) is 12.1. The van der Waals surface area contributed by atoms with Gasteiger partial charge in [0.2, 0.25) is 0 Å². The molecule has 0 spiro atoms. The lowest BCUT2D eigenvalue weighted by molar-refractivity contribution is -0.136. The van der Waals surface area contributed by atoms with E-state index in [0.717, 1.165) is 12.2 Å². The van der Waals surface area contributed by atoms with E-state index < -0.39 is 5.97 Å². The molecule has 0 aliphatic carbocycles. The van der Waals surface area contributed by atoms with E-state index in [1.54, 1.807) is 0 Å². The molecule has 0 amide bonds. The fourth-order valence-corrected chi connectivity index (χ4v) is 1.92. The lowest BCUT2D eigenvalue weighted by atomic mass is 10.0. The summed E-state index contributed by atoms with van der Waals surface area (Å²) in [6, 6.07) is 8.10. The number of hydrogen-bond donors (Lipinski definition) is 1. The number of carboxylic acids is 1. The number of rotatable bonds is 6. The number of thioether (sulfide) groups is 1. The van der Waals surface area contributed by atoms with E-state index in [0.29, 0.717) is 6.42 Å². The van der Waals surface area contributed by atoms with Gasteiger partial charge in [0.05, 0.1) is 0 Å². The zero-order valence-corrected chi connectivity index (χ0v) is 9.72. The van der Waals surface area contributed by atoms with E-state index in [-0.39, 0.29) is 6.42 Å². The van der Waals surface area contributed by atoms with Gasteiger partial charge in [0, 0.05) is 6.42 Å². The Morgan fingerprint density at radius 2 is 1.87 bits per heavy atom. The van der Waals surface area contributed by atoms with Crippen molar-refractivity contribution < 1.29 is 9.90 Å². The molecular formula is C12H16O2S. The summed E-state index contributed by atoms with van der Waals surface area (Å²) in [5.41, 5.74) is 2.46. The molecule has 15 heavy (non-hydrogen) atoms. The molecule has 1 aromatic rings. The van der Waals surface area contributed by atoms with Gasteiger partial charge in [0.25, 0.3) is 0 Å². The molecule has 0 atom stereocenters. The molecule has 0 saturated heterocycles. The number of aliphatic carboxylic acids is 1. The molecule has 0 unspecified atom stereocenters. The second-order valence-electron chi connectivity index (χ2n) is 3.41. The van der Waals surface area contributed by atoms with E-state index in [1.807, 2.05) is 30.0 Å². The molecule has 1 rings (SSSR count). The van der Waals surface area contributed by atoms with Crippen LogP contribution in [-0.2, 0) is 17.6 Å². The van der Waals surface area contributed by atoms with Crippen LogP contribution < -0.4 is 0 Å². The topological polar surface area (TPSA) is 37.3 Å². The van der Waals surface area contributed by atoms with Crippen molar-refractivity contribution in [1.82, 2.24) is 0 Å². The normalized spacial score (nSPS) is 10.2. The van der Waals surface area contributed by atoms with Crippen LogP contribution in [0, 0.1) is 0 Å². The largest absolute Gasteiger partial charge is 0.481 e. The molecule has 3 heteroatoms. The SMILES string of the molecule is CSCCc1ccccc1CCC(=O)O. The van der Waals surface area contributed by atoms with Gasteiger partial charge in [-0.3, -0.25) is 4.79 Å². The Morgan fingerprint density at radius 3 is 2.40 bits per heavy atom. The fraction of sp³-hybridized carbons (Fsp3) is 0.417.